The van der Waals surface area contributed by atoms with Crippen LogP contribution < -0.4 is 5.32 Å². The number of amides is 1. The molecule has 1 saturated heterocycles. The maximum atomic E-state index is 13.1. The van der Waals surface area contributed by atoms with Crippen molar-refractivity contribution in [2.75, 3.05) is 31.6 Å². The first kappa shape index (κ1) is 22.8. The molecule has 4 rings (SSSR count). The smallest absolute Gasteiger partial charge is 0.257 e. The number of benzene rings is 2. The van der Waals surface area contributed by atoms with E-state index in [2.05, 4.69) is 10.4 Å². The molecule has 1 fully saturated rings. The van der Waals surface area contributed by atoms with Gasteiger partial charge in [0.15, 0.2) is 0 Å². The molecule has 1 N–H and O–H groups in total. The number of ether oxygens (including phenoxy) is 1. The Morgan fingerprint density at radius 2 is 1.84 bits per heavy atom. The third kappa shape index (κ3) is 4.82. The lowest BCUT2D eigenvalue weighted by Crippen LogP contribution is -2.40. The molecule has 1 aliphatic rings. The van der Waals surface area contributed by atoms with Gasteiger partial charge >= 0.3 is 0 Å². The van der Waals surface area contributed by atoms with Crippen LogP contribution in [0.25, 0.3) is 0 Å². The second-order valence-corrected chi connectivity index (χ2v) is 9.81. The number of aromatic nitrogens is 2. The first-order chi connectivity index (χ1) is 15.4. The SMILES string of the molecule is O=C(Nc1ccccc1Cn1cccn1)c1cc(S(=O)(=O)N2CCOCC2)c(Cl)cc1Cl. The Labute approximate surface area is 195 Å². The van der Waals surface area contributed by atoms with Crippen molar-refractivity contribution in [1.82, 2.24) is 14.1 Å². The van der Waals surface area contributed by atoms with Crippen LogP contribution in [0, 0.1) is 0 Å². The van der Waals surface area contributed by atoms with Crippen molar-refractivity contribution >= 4 is 44.8 Å². The van der Waals surface area contributed by atoms with E-state index in [1.54, 1.807) is 23.0 Å². The Kier molecular flexibility index (Phi) is 6.82. The number of anilines is 1. The van der Waals surface area contributed by atoms with Crippen molar-refractivity contribution in [2.24, 2.45) is 0 Å². The van der Waals surface area contributed by atoms with Gasteiger partial charge in [-0.15, -0.1) is 0 Å². The van der Waals surface area contributed by atoms with Crippen molar-refractivity contribution in [3.8, 4) is 0 Å². The minimum Gasteiger partial charge on any atom is -0.379 e. The van der Waals surface area contributed by atoms with Crippen LogP contribution >= 0.6 is 23.2 Å². The Bertz CT molecular complexity index is 1230. The molecule has 11 heteroatoms. The number of carbonyl (C=O) groups is 1. The van der Waals surface area contributed by atoms with Crippen molar-refractivity contribution in [1.29, 1.82) is 0 Å². The van der Waals surface area contributed by atoms with Gasteiger partial charge < -0.3 is 10.1 Å². The maximum absolute atomic E-state index is 13.1. The van der Waals surface area contributed by atoms with E-state index in [0.717, 1.165) is 5.56 Å². The fraction of sp³-hybridized carbons (Fsp3) is 0.238. The maximum Gasteiger partial charge on any atom is 0.257 e. The molecular formula is C21H20Cl2N4O4S. The summed E-state index contributed by atoms with van der Waals surface area (Å²) in [6.07, 6.45) is 3.49. The highest BCUT2D eigenvalue weighted by atomic mass is 35.5. The van der Waals surface area contributed by atoms with Crippen LogP contribution in [0.2, 0.25) is 10.0 Å². The van der Waals surface area contributed by atoms with Gasteiger partial charge in [0.25, 0.3) is 5.91 Å². The van der Waals surface area contributed by atoms with E-state index >= 15 is 0 Å². The number of morpholine rings is 1. The predicted molar refractivity (Wildman–Crippen MR) is 122 cm³/mol. The minimum absolute atomic E-state index is 0.0109. The van der Waals surface area contributed by atoms with Crippen LogP contribution in [-0.4, -0.2) is 54.7 Å². The van der Waals surface area contributed by atoms with E-state index in [-0.39, 0.29) is 33.6 Å². The van der Waals surface area contributed by atoms with Crippen LogP contribution in [0.4, 0.5) is 5.69 Å². The van der Waals surface area contributed by atoms with Crippen LogP contribution in [0.5, 0.6) is 0 Å². The second kappa shape index (κ2) is 9.60. The summed E-state index contributed by atoms with van der Waals surface area (Å²) in [5.41, 5.74) is 1.41. The van der Waals surface area contributed by atoms with Crippen LogP contribution in [-0.2, 0) is 21.3 Å². The number of hydrogen-bond acceptors (Lipinski definition) is 5. The molecule has 3 aromatic rings. The summed E-state index contributed by atoms with van der Waals surface area (Å²) in [5, 5.41) is 7.02. The minimum atomic E-state index is -3.91. The van der Waals surface area contributed by atoms with E-state index < -0.39 is 15.9 Å². The van der Waals surface area contributed by atoms with Gasteiger partial charge in [-0.2, -0.15) is 9.40 Å². The molecule has 0 bridgehead atoms. The Balaban J connectivity index is 1.63. The molecule has 0 saturated carbocycles. The molecule has 2 aromatic carbocycles. The molecule has 0 aliphatic carbocycles. The Morgan fingerprint density at radius 1 is 1.09 bits per heavy atom. The quantitative estimate of drug-likeness (QED) is 0.565. The Morgan fingerprint density at radius 3 is 2.56 bits per heavy atom. The fourth-order valence-corrected chi connectivity index (χ4v) is 5.61. The van der Waals surface area contributed by atoms with Crippen LogP contribution in [0.15, 0.2) is 59.8 Å². The third-order valence-electron chi connectivity index (χ3n) is 5.01. The zero-order valence-corrected chi connectivity index (χ0v) is 19.2. The molecule has 0 atom stereocenters. The number of nitrogens with one attached hydrogen (secondary N) is 1. The summed E-state index contributed by atoms with van der Waals surface area (Å²) in [6.45, 7) is 1.47. The average molecular weight is 495 g/mol. The van der Waals surface area contributed by atoms with Crippen molar-refractivity contribution < 1.29 is 17.9 Å². The van der Waals surface area contributed by atoms with Gasteiger partial charge in [0.2, 0.25) is 10.0 Å². The lowest BCUT2D eigenvalue weighted by Gasteiger charge is -2.26. The van der Waals surface area contributed by atoms with Gasteiger partial charge in [0.1, 0.15) is 4.90 Å². The largest absolute Gasteiger partial charge is 0.379 e. The first-order valence-electron chi connectivity index (χ1n) is 9.80. The highest BCUT2D eigenvalue weighted by Crippen LogP contribution is 2.31. The molecular weight excluding hydrogens is 475 g/mol. The number of para-hydroxylation sites is 1. The molecule has 2 heterocycles. The van der Waals surface area contributed by atoms with Gasteiger partial charge in [-0.05, 0) is 29.8 Å². The van der Waals surface area contributed by atoms with E-state index in [4.69, 9.17) is 27.9 Å². The van der Waals surface area contributed by atoms with Gasteiger partial charge in [-0.25, -0.2) is 8.42 Å². The molecule has 1 aliphatic heterocycles. The van der Waals surface area contributed by atoms with Crippen molar-refractivity contribution in [3.05, 3.63) is 76.0 Å². The molecule has 1 amide bonds. The summed E-state index contributed by atoms with van der Waals surface area (Å²) in [6, 6.07) is 11.6. The highest BCUT2D eigenvalue weighted by molar-refractivity contribution is 7.89. The number of carbonyl (C=O) groups excluding carboxylic acids is 1. The summed E-state index contributed by atoms with van der Waals surface area (Å²) in [4.78, 5) is 12.9. The standard InChI is InChI=1S/C21H20Cl2N4O4S/c22-17-13-18(23)20(32(29,30)27-8-10-31-11-9-27)12-16(17)21(28)25-19-5-2-1-4-15(19)14-26-7-3-6-24-26/h1-7,12-13H,8-11,14H2,(H,25,28). The summed E-state index contributed by atoms with van der Waals surface area (Å²) in [7, 11) is -3.91. The molecule has 168 valence electrons. The Hall–Kier alpha value is -2.43. The highest BCUT2D eigenvalue weighted by Gasteiger charge is 2.30. The van der Waals surface area contributed by atoms with Crippen molar-refractivity contribution in [3.63, 3.8) is 0 Å². The molecule has 0 spiro atoms. The number of sulfonamides is 1. The predicted octanol–water partition coefficient (Wildman–Crippen LogP) is 3.51. The van der Waals surface area contributed by atoms with Gasteiger partial charge in [0.05, 0.1) is 35.4 Å². The zero-order chi connectivity index (χ0) is 22.7. The molecule has 8 nitrogen and oxygen atoms in total. The van der Waals surface area contributed by atoms with Gasteiger partial charge in [-0.3, -0.25) is 9.48 Å². The number of rotatable bonds is 6. The van der Waals surface area contributed by atoms with E-state index in [1.807, 2.05) is 24.4 Å². The molecule has 0 radical (unpaired) electrons. The average Bonchev–Trinajstić information content (AvgIpc) is 3.28. The second-order valence-electron chi connectivity index (χ2n) is 7.09. The summed E-state index contributed by atoms with van der Waals surface area (Å²) in [5.74, 6) is -0.544. The lowest BCUT2D eigenvalue weighted by atomic mass is 10.1. The number of hydrogen-bond donors (Lipinski definition) is 1. The lowest BCUT2D eigenvalue weighted by molar-refractivity contribution is 0.0730. The zero-order valence-electron chi connectivity index (χ0n) is 16.9. The first-order valence-corrected chi connectivity index (χ1v) is 12.0. The monoisotopic (exact) mass is 494 g/mol. The van der Waals surface area contributed by atoms with E-state index in [9.17, 15) is 13.2 Å². The fourth-order valence-electron chi connectivity index (χ4n) is 3.37. The normalized spacial score (nSPS) is 14.9. The summed E-state index contributed by atoms with van der Waals surface area (Å²) >= 11 is 12.5. The van der Waals surface area contributed by atoms with E-state index in [1.165, 1.54) is 16.4 Å². The van der Waals surface area contributed by atoms with Crippen molar-refractivity contribution in [2.45, 2.75) is 11.4 Å². The van der Waals surface area contributed by atoms with Gasteiger partial charge in [0, 0.05) is 31.2 Å². The molecule has 32 heavy (non-hydrogen) atoms. The van der Waals surface area contributed by atoms with Crippen LogP contribution in [0.1, 0.15) is 15.9 Å². The molecule has 0 unspecified atom stereocenters. The van der Waals surface area contributed by atoms with Crippen LogP contribution in [0.3, 0.4) is 0 Å². The topological polar surface area (TPSA) is 93.5 Å². The number of nitrogens with zero attached hydrogens (tertiary/aromatic N) is 3. The van der Waals surface area contributed by atoms with E-state index in [0.29, 0.717) is 25.4 Å². The number of halogens is 2. The summed E-state index contributed by atoms with van der Waals surface area (Å²) < 4.78 is 34.4. The third-order valence-corrected chi connectivity index (χ3v) is 7.69. The molecule has 1 aromatic heterocycles. The van der Waals surface area contributed by atoms with Gasteiger partial charge in [-0.1, -0.05) is 41.4 Å².